The standard InChI is InChI=1S/C14H18NO/c1-4-15(5-2)14(16)12(3)11-13-9-7-6-8-10-13/h7-11H,4-5H2,1-3H3/b12-11-. The molecule has 0 fully saturated rings. The topological polar surface area (TPSA) is 20.3 Å². The molecule has 16 heavy (non-hydrogen) atoms. The third kappa shape index (κ3) is 3.23. The van der Waals surface area contributed by atoms with E-state index in [1.807, 2.05) is 56.0 Å². The molecule has 0 atom stereocenters. The van der Waals surface area contributed by atoms with Crippen LogP contribution in [-0.2, 0) is 4.79 Å². The molecular formula is C14H18NO. The zero-order valence-electron chi connectivity index (χ0n) is 10.2. The van der Waals surface area contributed by atoms with Gasteiger partial charge in [-0.1, -0.05) is 24.3 Å². The fourth-order valence-electron chi connectivity index (χ4n) is 1.57. The van der Waals surface area contributed by atoms with E-state index in [0.717, 1.165) is 24.2 Å². The molecule has 0 aliphatic carbocycles. The number of likely N-dealkylation sites (N-methyl/N-ethyl adjacent to an activating group) is 1. The molecule has 1 aromatic rings. The van der Waals surface area contributed by atoms with Crippen molar-refractivity contribution < 1.29 is 4.79 Å². The molecule has 0 spiro atoms. The van der Waals surface area contributed by atoms with Crippen molar-refractivity contribution in [2.45, 2.75) is 20.8 Å². The third-order valence-corrected chi connectivity index (χ3v) is 2.52. The van der Waals surface area contributed by atoms with E-state index < -0.39 is 0 Å². The van der Waals surface area contributed by atoms with E-state index in [-0.39, 0.29) is 5.91 Å². The van der Waals surface area contributed by atoms with E-state index in [1.165, 1.54) is 0 Å². The van der Waals surface area contributed by atoms with Crippen molar-refractivity contribution in [3.05, 3.63) is 41.5 Å². The first-order valence-electron chi connectivity index (χ1n) is 5.62. The second-order valence-electron chi connectivity index (χ2n) is 3.64. The summed E-state index contributed by atoms with van der Waals surface area (Å²) in [6.45, 7) is 7.35. The Balaban J connectivity index is 2.81. The molecule has 0 bridgehead atoms. The molecule has 0 N–H and O–H groups in total. The van der Waals surface area contributed by atoms with Crippen molar-refractivity contribution in [1.82, 2.24) is 4.90 Å². The fraction of sp³-hybridized carbons (Fsp3) is 0.357. The van der Waals surface area contributed by atoms with E-state index in [4.69, 9.17) is 0 Å². The molecule has 1 amide bonds. The van der Waals surface area contributed by atoms with E-state index in [0.29, 0.717) is 0 Å². The molecule has 0 saturated heterocycles. The van der Waals surface area contributed by atoms with E-state index in [2.05, 4.69) is 6.07 Å². The van der Waals surface area contributed by atoms with Gasteiger partial charge in [0.05, 0.1) is 0 Å². The van der Waals surface area contributed by atoms with Gasteiger partial charge in [0.25, 0.3) is 0 Å². The van der Waals surface area contributed by atoms with Crippen molar-refractivity contribution in [2.75, 3.05) is 13.1 Å². The van der Waals surface area contributed by atoms with Crippen LogP contribution in [0.5, 0.6) is 0 Å². The van der Waals surface area contributed by atoms with Gasteiger partial charge in [-0.2, -0.15) is 0 Å². The quantitative estimate of drug-likeness (QED) is 0.709. The second kappa shape index (κ2) is 6.11. The van der Waals surface area contributed by atoms with Crippen molar-refractivity contribution in [3.63, 3.8) is 0 Å². The Morgan fingerprint density at radius 2 is 1.88 bits per heavy atom. The lowest BCUT2D eigenvalue weighted by Crippen LogP contribution is -2.30. The number of nitrogens with zero attached hydrogens (tertiary/aromatic N) is 1. The van der Waals surface area contributed by atoms with Gasteiger partial charge in [-0.05, 0) is 38.5 Å². The summed E-state index contributed by atoms with van der Waals surface area (Å²) in [7, 11) is 0. The van der Waals surface area contributed by atoms with Crippen LogP contribution in [0.25, 0.3) is 6.08 Å². The SMILES string of the molecule is CCN(CC)C(=O)/C(C)=C\c1cc[c]cc1. The van der Waals surface area contributed by atoms with Gasteiger partial charge in [0.1, 0.15) is 0 Å². The molecule has 0 aliphatic heterocycles. The Morgan fingerprint density at radius 3 is 2.38 bits per heavy atom. The lowest BCUT2D eigenvalue weighted by molar-refractivity contribution is -0.126. The molecule has 0 aromatic heterocycles. The van der Waals surface area contributed by atoms with Crippen LogP contribution in [0.15, 0.2) is 29.8 Å². The molecule has 2 nitrogen and oxygen atoms in total. The molecule has 1 aromatic carbocycles. The highest BCUT2D eigenvalue weighted by Crippen LogP contribution is 2.08. The van der Waals surface area contributed by atoms with Crippen LogP contribution in [-0.4, -0.2) is 23.9 Å². The Bertz CT molecular complexity index is 364. The smallest absolute Gasteiger partial charge is 0.249 e. The maximum Gasteiger partial charge on any atom is 0.249 e. The highest BCUT2D eigenvalue weighted by atomic mass is 16.2. The van der Waals surface area contributed by atoms with Gasteiger partial charge >= 0.3 is 0 Å². The summed E-state index contributed by atoms with van der Waals surface area (Å²) >= 11 is 0. The van der Waals surface area contributed by atoms with Gasteiger partial charge in [-0.15, -0.1) is 0 Å². The lowest BCUT2D eigenvalue weighted by atomic mass is 10.1. The first kappa shape index (κ1) is 12.5. The Morgan fingerprint density at radius 1 is 1.31 bits per heavy atom. The van der Waals surface area contributed by atoms with E-state index >= 15 is 0 Å². The number of hydrogen-bond acceptors (Lipinski definition) is 1. The molecule has 85 valence electrons. The summed E-state index contributed by atoms with van der Waals surface area (Å²) < 4.78 is 0. The van der Waals surface area contributed by atoms with Crippen LogP contribution in [0.1, 0.15) is 26.3 Å². The highest BCUT2D eigenvalue weighted by molar-refractivity contribution is 5.97. The normalized spacial score (nSPS) is 11.3. The molecule has 2 heteroatoms. The lowest BCUT2D eigenvalue weighted by Gasteiger charge is -2.18. The van der Waals surface area contributed by atoms with Crippen molar-refractivity contribution in [3.8, 4) is 0 Å². The van der Waals surface area contributed by atoms with Gasteiger partial charge in [-0.25, -0.2) is 0 Å². The minimum Gasteiger partial charge on any atom is -0.339 e. The van der Waals surface area contributed by atoms with Crippen LogP contribution in [0.2, 0.25) is 0 Å². The van der Waals surface area contributed by atoms with Gasteiger partial charge in [0, 0.05) is 18.7 Å². The number of benzene rings is 1. The number of amides is 1. The van der Waals surface area contributed by atoms with E-state index in [9.17, 15) is 4.79 Å². The maximum absolute atomic E-state index is 12.0. The largest absolute Gasteiger partial charge is 0.339 e. The maximum atomic E-state index is 12.0. The van der Waals surface area contributed by atoms with Crippen molar-refractivity contribution >= 4 is 12.0 Å². The predicted molar refractivity (Wildman–Crippen MR) is 66.9 cm³/mol. The van der Waals surface area contributed by atoms with Crippen LogP contribution in [0.3, 0.4) is 0 Å². The Kier molecular flexibility index (Phi) is 4.77. The van der Waals surface area contributed by atoms with Gasteiger partial charge in [0.15, 0.2) is 0 Å². The minimum atomic E-state index is 0.109. The summed E-state index contributed by atoms with van der Waals surface area (Å²) in [5.74, 6) is 0.109. The van der Waals surface area contributed by atoms with Crippen molar-refractivity contribution in [2.24, 2.45) is 0 Å². The first-order chi connectivity index (χ1) is 7.69. The number of hydrogen-bond donors (Lipinski definition) is 0. The average molecular weight is 216 g/mol. The van der Waals surface area contributed by atoms with Crippen LogP contribution < -0.4 is 0 Å². The zero-order valence-corrected chi connectivity index (χ0v) is 10.2. The van der Waals surface area contributed by atoms with Crippen LogP contribution in [0.4, 0.5) is 0 Å². The molecule has 1 rings (SSSR count). The molecule has 0 heterocycles. The molecule has 0 saturated carbocycles. The summed E-state index contributed by atoms with van der Waals surface area (Å²) in [6.07, 6.45) is 1.91. The molecule has 1 radical (unpaired) electrons. The zero-order chi connectivity index (χ0) is 12.0. The molecular weight excluding hydrogens is 198 g/mol. The van der Waals surface area contributed by atoms with Crippen LogP contribution >= 0.6 is 0 Å². The summed E-state index contributed by atoms with van der Waals surface area (Å²) in [5.41, 5.74) is 1.81. The molecule has 0 unspecified atom stereocenters. The van der Waals surface area contributed by atoms with Crippen LogP contribution in [0, 0.1) is 6.07 Å². The fourth-order valence-corrected chi connectivity index (χ4v) is 1.57. The number of carbonyl (C=O) groups excluding carboxylic acids is 1. The second-order valence-corrected chi connectivity index (χ2v) is 3.64. The van der Waals surface area contributed by atoms with Gasteiger partial charge in [-0.3, -0.25) is 4.79 Å². The van der Waals surface area contributed by atoms with Gasteiger partial charge in [0.2, 0.25) is 5.91 Å². The first-order valence-corrected chi connectivity index (χ1v) is 5.62. The number of carbonyl (C=O) groups is 1. The summed E-state index contributed by atoms with van der Waals surface area (Å²) in [6, 6.07) is 10.5. The van der Waals surface area contributed by atoms with Gasteiger partial charge < -0.3 is 4.90 Å². The Labute approximate surface area is 97.6 Å². The summed E-state index contributed by atoms with van der Waals surface area (Å²) in [4.78, 5) is 13.8. The monoisotopic (exact) mass is 216 g/mol. The molecule has 0 aliphatic rings. The third-order valence-electron chi connectivity index (χ3n) is 2.52. The summed E-state index contributed by atoms with van der Waals surface area (Å²) in [5, 5.41) is 0. The van der Waals surface area contributed by atoms with Crippen molar-refractivity contribution in [1.29, 1.82) is 0 Å². The number of rotatable bonds is 4. The van der Waals surface area contributed by atoms with E-state index in [1.54, 1.807) is 0 Å². The minimum absolute atomic E-state index is 0.109. The predicted octanol–water partition coefficient (Wildman–Crippen LogP) is 2.76. The highest BCUT2D eigenvalue weighted by Gasteiger charge is 2.10. The Hall–Kier alpha value is -1.57. The average Bonchev–Trinajstić information content (AvgIpc) is 2.31.